The van der Waals surface area contributed by atoms with Crippen molar-refractivity contribution in [3.63, 3.8) is 0 Å². The van der Waals surface area contributed by atoms with E-state index in [0.717, 1.165) is 25.0 Å². The molecule has 6 heterocycles. The van der Waals surface area contributed by atoms with Crippen molar-refractivity contribution in [2.75, 3.05) is 0 Å². The largest absolute Gasteiger partial charge is 0.308 e. The number of hydrogen-bond acceptors (Lipinski definition) is 0. The van der Waals surface area contributed by atoms with Gasteiger partial charge in [-0.05, 0) is 96.0 Å². The van der Waals surface area contributed by atoms with Crippen LogP contribution in [0.4, 0.5) is 0 Å². The molecule has 3 heteroatoms. The van der Waals surface area contributed by atoms with E-state index in [2.05, 4.69) is 181 Å². The lowest BCUT2D eigenvalue weighted by Crippen LogP contribution is -2.49. The lowest BCUT2D eigenvalue weighted by Gasteiger charge is -2.31. The maximum atomic E-state index is 4.88. The molecule has 0 spiro atoms. The average Bonchev–Trinajstić information content (AvgIpc) is 3.71. The molecule has 2 unspecified atom stereocenters. The third-order valence-corrected chi connectivity index (χ3v) is 12.8. The molecule has 0 N–H and O–H groups in total. The Morgan fingerprint density at radius 2 is 1.45 bits per heavy atom. The van der Waals surface area contributed by atoms with Crippen molar-refractivity contribution in [2.45, 2.75) is 64.3 Å². The van der Waals surface area contributed by atoms with Crippen LogP contribution in [-0.2, 0) is 11.8 Å². The number of pyridine rings is 2. The average molecular weight is 712 g/mol. The number of aromatic nitrogens is 3. The van der Waals surface area contributed by atoms with Crippen LogP contribution in [0.2, 0.25) is 0 Å². The summed E-state index contributed by atoms with van der Waals surface area (Å²) in [5, 5.41) is 5.29. The molecule has 11 rings (SSSR count). The fraction of sp³-hybridized carbons (Fsp3) is 0.192. The molecule has 0 radical (unpaired) electrons. The first-order valence-corrected chi connectivity index (χ1v) is 19.9. The monoisotopic (exact) mass is 711 g/mol. The van der Waals surface area contributed by atoms with Crippen LogP contribution in [0.1, 0.15) is 67.8 Å². The lowest BCUT2D eigenvalue weighted by molar-refractivity contribution is -0.720. The predicted molar refractivity (Wildman–Crippen MR) is 228 cm³/mol. The number of nitrogens with zero attached hydrogens (tertiary/aromatic N) is 3. The van der Waals surface area contributed by atoms with Crippen molar-refractivity contribution in [3.8, 4) is 33.6 Å². The number of rotatable bonds is 1. The van der Waals surface area contributed by atoms with Crippen molar-refractivity contribution < 1.29 is 9.13 Å². The molecule has 4 aromatic heterocycles. The molecule has 0 saturated heterocycles. The fourth-order valence-electron chi connectivity index (χ4n) is 10.1. The molecule has 2 aliphatic rings. The molecule has 9 aromatic rings. The zero-order valence-electron chi connectivity index (χ0n) is 32.1. The highest BCUT2D eigenvalue weighted by atomic mass is 15.0. The predicted octanol–water partition coefficient (Wildman–Crippen LogP) is 12.2. The van der Waals surface area contributed by atoms with Crippen LogP contribution in [-0.4, -0.2) is 4.40 Å². The molecule has 2 atom stereocenters. The minimum Gasteiger partial charge on any atom is -0.308 e. The Kier molecular flexibility index (Phi) is 6.90. The molecule has 2 aliphatic heterocycles. The van der Waals surface area contributed by atoms with Gasteiger partial charge in [0.2, 0.25) is 11.4 Å². The summed E-state index contributed by atoms with van der Waals surface area (Å²) in [6, 6.07) is 48.5. The number of hydrogen-bond donors (Lipinski definition) is 0. The Bertz CT molecular complexity index is 3030. The van der Waals surface area contributed by atoms with Gasteiger partial charge in [-0.25, -0.2) is 0 Å². The van der Waals surface area contributed by atoms with Gasteiger partial charge in [0.05, 0.1) is 28.5 Å². The van der Waals surface area contributed by atoms with Gasteiger partial charge in [-0.3, -0.25) is 0 Å². The van der Waals surface area contributed by atoms with E-state index in [4.69, 9.17) is 6.58 Å². The number of fused-ring (bicyclic) bond motifs is 15. The minimum absolute atomic E-state index is 0.0794. The second-order valence-electron chi connectivity index (χ2n) is 17.2. The van der Waals surface area contributed by atoms with Crippen molar-refractivity contribution in [2.24, 2.45) is 0 Å². The SMILES string of the molecule is C=C1CC2C(CCc3cc4c(cc3-c3cc(-c5ccccc5)cc[n+]31)c1cccc3c5cc(C(C)(C)C)ccc5n4c31)c1ccccc1-c1ccc(C)c[n+]12. The molecule has 0 bridgehead atoms. The Labute approximate surface area is 322 Å². The molecule has 55 heavy (non-hydrogen) atoms. The Hall–Kier alpha value is -6.06. The molecular formula is C52H45N3+2. The molecule has 3 nitrogen and oxygen atoms in total. The first kappa shape index (κ1) is 32.4. The highest BCUT2D eigenvalue weighted by Gasteiger charge is 2.42. The molecule has 0 saturated carbocycles. The summed E-state index contributed by atoms with van der Waals surface area (Å²) in [5.74, 6) is 0.339. The van der Waals surface area contributed by atoms with Gasteiger partial charge in [0.1, 0.15) is 0 Å². The van der Waals surface area contributed by atoms with E-state index in [9.17, 15) is 0 Å². The van der Waals surface area contributed by atoms with E-state index in [1.165, 1.54) is 94.0 Å². The van der Waals surface area contributed by atoms with Gasteiger partial charge in [0.25, 0.3) is 0 Å². The summed E-state index contributed by atoms with van der Waals surface area (Å²) in [4.78, 5) is 0. The van der Waals surface area contributed by atoms with Crippen LogP contribution < -0.4 is 9.13 Å². The number of aryl methyl sites for hydroxylation is 2. The first-order valence-electron chi connectivity index (χ1n) is 19.9. The van der Waals surface area contributed by atoms with Crippen LogP contribution in [0.25, 0.3) is 77.4 Å². The van der Waals surface area contributed by atoms with Crippen LogP contribution in [0.3, 0.4) is 0 Å². The molecule has 0 fully saturated rings. The minimum atomic E-state index is 0.0794. The van der Waals surface area contributed by atoms with E-state index in [1.807, 2.05) is 0 Å². The summed E-state index contributed by atoms with van der Waals surface area (Å²) in [7, 11) is 0. The third kappa shape index (κ3) is 4.82. The second kappa shape index (κ2) is 11.7. The zero-order valence-corrected chi connectivity index (χ0v) is 32.1. The van der Waals surface area contributed by atoms with Crippen molar-refractivity contribution in [1.29, 1.82) is 0 Å². The molecule has 5 aromatic carbocycles. The van der Waals surface area contributed by atoms with Gasteiger partial charge in [-0.2, -0.15) is 9.13 Å². The first-order chi connectivity index (χ1) is 26.7. The van der Waals surface area contributed by atoms with Crippen molar-refractivity contribution in [1.82, 2.24) is 4.40 Å². The Balaban J connectivity index is 1.19. The molecule has 0 amide bonds. The number of benzene rings is 5. The summed E-state index contributed by atoms with van der Waals surface area (Å²) >= 11 is 0. The van der Waals surface area contributed by atoms with E-state index >= 15 is 0 Å². The van der Waals surface area contributed by atoms with Crippen LogP contribution in [0.15, 0.2) is 146 Å². The maximum absolute atomic E-state index is 4.88. The van der Waals surface area contributed by atoms with Gasteiger partial charge in [0, 0.05) is 56.8 Å². The van der Waals surface area contributed by atoms with Crippen LogP contribution in [0, 0.1) is 6.92 Å². The van der Waals surface area contributed by atoms with Crippen LogP contribution in [0.5, 0.6) is 0 Å². The second-order valence-corrected chi connectivity index (χ2v) is 17.2. The third-order valence-electron chi connectivity index (χ3n) is 12.8. The fourth-order valence-corrected chi connectivity index (χ4v) is 10.1. The van der Waals surface area contributed by atoms with E-state index in [-0.39, 0.29) is 11.5 Å². The maximum Gasteiger partial charge on any atom is 0.219 e. The van der Waals surface area contributed by atoms with E-state index in [1.54, 1.807) is 0 Å². The van der Waals surface area contributed by atoms with Crippen LogP contribution >= 0.6 is 0 Å². The smallest absolute Gasteiger partial charge is 0.219 e. The highest BCUT2D eigenvalue weighted by Crippen LogP contribution is 2.46. The van der Waals surface area contributed by atoms with Gasteiger partial charge in [0.15, 0.2) is 24.1 Å². The number of para-hydroxylation sites is 1. The van der Waals surface area contributed by atoms with Gasteiger partial charge < -0.3 is 4.40 Å². The molecule has 0 aliphatic carbocycles. The van der Waals surface area contributed by atoms with E-state index < -0.39 is 0 Å². The molecule has 266 valence electrons. The summed E-state index contributed by atoms with van der Waals surface area (Å²) < 4.78 is 7.53. The Morgan fingerprint density at radius 1 is 0.673 bits per heavy atom. The summed E-state index contributed by atoms with van der Waals surface area (Å²) in [5.41, 5.74) is 18.2. The topological polar surface area (TPSA) is 12.2 Å². The zero-order chi connectivity index (χ0) is 37.2. The van der Waals surface area contributed by atoms with Gasteiger partial charge in [-0.15, -0.1) is 0 Å². The van der Waals surface area contributed by atoms with Gasteiger partial charge >= 0.3 is 0 Å². The normalized spacial score (nSPS) is 16.9. The summed E-state index contributed by atoms with van der Waals surface area (Å²) in [6.45, 7) is 14.0. The quantitative estimate of drug-likeness (QED) is 0.150. The summed E-state index contributed by atoms with van der Waals surface area (Å²) in [6.07, 6.45) is 7.52. The highest BCUT2D eigenvalue weighted by molar-refractivity contribution is 6.23. The lowest BCUT2D eigenvalue weighted by atomic mass is 9.77. The standard InChI is InChI=1S/C52H45N3/c1-32-18-22-46-39-15-10-9-14-38(39)40-21-19-36-28-50-45(42-17-11-16-41-44-29-37(52(3,4)5)20-23-47(44)55(50)51(41)42)30-43(36)49-27-35(34-12-7-6-8-13-34)24-25-53(49)33(2)26-48(40)54(46)31-32/h6-18,20,22-25,27-31,40,48H,2,19,21,26H2,1,3-5H3/q+2. The molecular weight excluding hydrogens is 667 g/mol. The Morgan fingerprint density at radius 3 is 2.27 bits per heavy atom. The van der Waals surface area contributed by atoms with E-state index in [0.29, 0.717) is 5.92 Å². The van der Waals surface area contributed by atoms with Crippen molar-refractivity contribution >= 4 is 43.8 Å². The van der Waals surface area contributed by atoms with Gasteiger partial charge in [-0.1, -0.05) is 93.6 Å². The van der Waals surface area contributed by atoms with Crippen molar-refractivity contribution in [3.05, 3.63) is 169 Å². The number of allylic oxidation sites excluding steroid dienone is 1.